The maximum absolute atomic E-state index is 8.98. The van der Waals surface area contributed by atoms with Gasteiger partial charge in [0, 0.05) is 12.6 Å². The van der Waals surface area contributed by atoms with Gasteiger partial charge in [0.2, 0.25) is 0 Å². The molecule has 1 heterocycles. The van der Waals surface area contributed by atoms with E-state index in [1.54, 1.807) is 0 Å². The van der Waals surface area contributed by atoms with E-state index in [4.69, 9.17) is 10.5 Å². The van der Waals surface area contributed by atoms with Crippen molar-refractivity contribution in [2.75, 3.05) is 6.54 Å². The maximum Gasteiger partial charge on any atom is 0.190 e. The van der Waals surface area contributed by atoms with Crippen molar-refractivity contribution in [3.63, 3.8) is 0 Å². The second kappa shape index (κ2) is 5.33. The Morgan fingerprint density at radius 1 is 1.33 bits per heavy atom. The number of hydrogen-bond donors (Lipinski definition) is 0. The van der Waals surface area contributed by atoms with E-state index in [0.29, 0.717) is 18.9 Å². The summed E-state index contributed by atoms with van der Waals surface area (Å²) in [7, 11) is 0. The number of hydrogen-bond acceptors (Lipinski definition) is 4. The number of nitrogens with zero attached hydrogens (tertiary/aromatic N) is 4. The van der Waals surface area contributed by atoms with Gasteiger partial charge in [0.1, 0.15) is 5.84 Å². The Morgan fingerprint density at radius 3 is 2.61 bits per heavy atom. The molecule has 1 aromatic carbocycles. The van der Waals surface area contributed by atoms with Gasteiger partial charge in [0.15, 0.2) is 5.92 Å². The molecule has 4 nitrogen and oxygen atoms in total. The second-order valence-electron chi connectivity index (χ2n) is 4.35. The third-order valence-electron chi connectivity index (χ3n) is 3.06. The van der Waals surface area contributed by atoms with Crippen LogP contribution in [0.1, 0.15) is 12.5 Å². The van der Waals surface area contributed by atoms with E-state index in [9.17, 15) is 0 Å². The second-order valence-corrected chi connectivity index (χ2v) is 4.35. The molecule has 0 spiro atoms. The van der Waals surface area contributed by atoms with Crippen LogP contribution in [-0.4, -0.2) is 23.3 Å². The lowest BCUT2D eigenvalue weighted by molar-refractivity contribution is 0.350. The van der Waals surface area contributed by atoms with Crippen molar-refractivity contribution in [3.8, 4) is 12.1 Å². The average molecular weight is 238 g/mol. The van der Waals surface area contributed by atoms with Gasteiger partial charge in [-0.15, -0.1) is 0 Å². The molecule has 2 rings (SSSR count). The molecule has 0 amide bonds. The van der Waals surface area contributed by atoms with Gasteiger partial charge >= 0.3 is 0 Å². The van der Waals surface area contributed by atoms with Gasteiger partial charge in [-0.1, -0.05) is 30.3 Å². The normalized spacial score (nSPS) is 18.3. The predicted octanol–water partition coefficient (Wildman–Crippen LogP) is 1.95. The Labute approximate surface area is 107 Å². The first-order valence-corrected chi connectivity index (χ1v) is 5.90. The Hall–Kier alpha value is -2.33. The number of rotatable bonds is 3. The largest absolute Gasteiger partial charge is 0.349 e. The minimum absolute atomic E-state index is 0.240. The molecule has 0 saturated heterocycles. The van der Waals surface area contributed by atoms with Gasteiger partial charge in [-0.05, 0) is 12.5 Å². The Bertz CT molecular complexity index is 507. The zero-order valence-electron chi connectivity index (χ0n) is 10.2. The molecular formula is C14H14N4. The smallest absolute Gasteiger partial charge is 0.190 e. The fourth-order valence-electron chi connectivity index (χ4n) is 2.06. The first-order valence-electron chi connectivity index (χ1n) is 5.90. The molecule has 0 aromatic heterocycles. The van der Waals surface area contributed by atoms with Crippen molar-refractivity contribution in [1.82, 2.24) is 4.90 Å². The monoisotopic (exact) mass is 238 g/mol. The van der Waals surface area contributed by atoms with Crippen LogP contribution < -0.4 is 0 Å². The van der Waals surface area contributed by atoms with Crippen molar-refractivity contribution < 1.29 is 0 Å². The average Bonchev–Trinajstić information content (AvgIpc) is 2.75. The summed E-state index contributed by atoms with van der Waals surface area (Å²) in [6.45, 7) is 3.41. The molecule has 0 fully saturated rings. The summed E-state index contributed by atoms with van der Waals surface area (Å²) in [4.78, 5) is 6.38. The van der Waals surface area contributed by atoms with E-state index in [0.717, 1.165) is 5.56 Å². The van der Waals surface area contributed by atoms with E-state index in [1.165, 1.54) is 0 Å². The standard InChI is InChI=1S/C14H14N4/c1-11-9-17-14(13(7-15)8-16)18(11)10-12-5-3-2-4-6-12/h2-6,11,13H,9-10H2,1H3. The summed E-state index contributed by atoms with van der Waals surface area (Å²) in [5.41, 5.74) is 1.16. The summed E-state index contributed by atoms with van der Waals surface area (Å²) >= 11 is 0. The van der Waals surface area contributed by atoms with Crippen LogP contribution in [0, 0.1) is 28.6 Å². The molecule has 1 atom stereocenters. The summed E-state index contributed by atoms with van der Waals surface area (Å²) in [5, 5.41) is 18.0. The van der Waals surface area contributed by atoms with Crippen LogP contribution in [0.15, 0.2) is 35.3 Å². The summed E-state index contributed by atoms with van der Waals surface area (Å²) in [5.74, 6) is -0.157. The number of aliphatic imine (C=N–C) groups is 1. The molecule has 0 bridgehead atoms. The lowest BCUT2D eigenvalue weighted by atomic mass is 10.1. The Balaban J connectivity index is 2.18. The minimum atomic E-state index is -0.765. The number of benzene rings is 1. The quantitative estimate of drug-likeness (QED) is 0.808. The zero-order valence-corrected chi connectivity index (χ0v) is 10.2. The molecule has 1 aliphatic rings. The van der Waals surface area contributed by atoms with E-state index in [-0.39, 0.29) is 6.04 Å². The van der Waals surface area contributed by atoms with Gasteiger partial charge in [0.05, 0.1) is 18.7 Å². The first-order chi connectivity index (χ1) is 8.76. The van der Waals surface area contributed by atoms with Crippen LogP contribution in [-0.2, 0) is 6.54 Å². The number of amidine groups is 1. The van der Waals surface area contributed by atoms with Gasteiger partial charge in [-0.2, -0.15) is 10.5 Å². The van der Waals surface area contributed by atoms with Crippen LogP contribution in [0.25, 0.3) is 0 Å². The van der Waals surface area contributed by atoms with Gasteiger partial charge in [-0.25, -0.2) is 0 Å². The third-order valence-corrected chi connectivity index (χ3v) is 3.06. The van der Waals surface area contributed by atoms with Crippen LogP contribution in [0.2, 0.25) is 0 Å². The van der Waals surface area contributed by atoms with Crippen molar-refractivity contribution in [2.24, 2.45) is 10.9 Å². The highest BCUT2D eigenvalue weighted by Crippen LogP contribution is 2.19. The summed E-state index contributed by atoms with van der Waals surface area (Å²) in [6, 6.07) is 14.3. The van der Waals surface area contributed by atoms with E-state index in [1.807, 2.05) is 47.4 Å². The highest BCUT2D eigenvalue weighted by atomic mass is 15.3. The third kappa shape index (κ3) is 2.33. The predicted molar refractivity (Wildman–Crippen MR) is 68.5 cm³/mol. The Morgan fingerprint density at radius 2 is 2.00 bits per heavy atom. The minimum Gasteiger partial charge on any atom is -0.349 e. The van der Waals surface area contributed by atoms with E-state index in [2.05, 4.69) is 11.9 Å². The molecule has 0 saturated carbocycles. The maximum atomic E-state index is 8.98. The lowest BCUT2D eigenvalue weighted by Gasteiger charge is -2.25. The zero-order chi connectivity index (χ0) is 13.0. The van der Waals surface area contributed by atoms with Crippen LogP contribution in [0.5, 0.6) is 0 Å². The fourth-order valence-corrected chi connectivity index (χ4v) is 2.06. The SMILES string of the molecule is CC1CN=C(C(C#N)C#N)N1Cc1ccccc1. The molecule has 0 radical (unpaired) electrons. The molecule has 0 aliphatic carbocycles. The summed E-state index contributed by atoms with van der Waals surface area (Å²) < 4.78 is 0. The van der Waals surface area contributed by atoms with Gasteiger partial charge < -0.3 is 4.90 Å². The lowest BCUT2D eigenvalue weighted by Crippen LogP contribution is -2.37. The number of nitriles is 2. The van der Waals surface area contributed by atoms with E-state index >= 15 is 0 Å². The van der Waals surface area contributed by atoms with Crippen LogP contribution in [0.3, 0.4) is 0 Å². The highest BCUT2D eigenvalue weighted by molar-refractivity contribution is 5.90. The van der Waals surface area contributed by atoms with Crippen LogP contribution in [0.4, 0.5) is 0 Å². The molecule has 4 heteroatoms. The molecule has 1 unspecified atom stereocenters. The fraction of sp³-hybridized carbons (Fsp3) is 0.357. The van der Waals surface area contributed by atoms with E-state index < -0.39 is 5.92 Å². The van der Waals surface area contributed by atoms with Gasteiger partial charge in [0.25, 0.3) is 0 Å². The molecule has 90 valence electrons. The molecule has 0 N–H and O–H groups in total. The highest BCUT2D eigenvalue weighted by Gasteiger charge is 2.30. The van der Waals surface area contributed by atoms with Crippen molar-refractivity contribution in [3.05, 3.63) is 35.9 Å². The molecule has 18 heavy (non-hydrogen) atoms. The topological polar surface area (TPSA) is 63.2 Å². The van der Waals surface area contributed by atoms with Crippen molar-refractivity contribution >= 4 is 5.84 Å². The molecular weight excluding hydrogens is 224 g/mol. The first kappa shape index (κ1) is 12.1. The molecule has 1 aliphatic heterocycles. The molecule has 1 aromatic rings. The van der Waals surface area contributed by atoms with Crippen molar-refractivity contribution in [1.29, 1.82) is 10.5 Å². The van der Waals surface area contributed by atoms with Gasteiger partial charge in [-0.3, -0.25) is 4.99 Å². The van der Waals surface area contributed by atoms with Crippen molar-refractivity contribution in [2.45, 2.75) is 19.5 Å². The van der Waals surface area contributed by atoms with Crippen LogP contribution >= 0.6 is 0 Å². The Kier molecular flexibility index (Phi) is 3.60. The summed E-state index contributed by atoms with van der Waals surface area (Å²) in [6.07, 6.45) is 0.